The Bertz CT molecular complexity index is 478. The Kier molecular flexibility index (Phi) is 5.78. The minimum Gasteiger partial charge on any atom is -0.314 e. The Morgan fingerprint density at radius 3 is 2.44 bits per heavy atom. The smallest absolute Gasteiger partial charge is 0.241 e. The van der Waals surface area contributed by atoms with E-state index in [1.807, 2.05) is 13.8 Å². The molecule has 0 spiro atoms. The molecule has 1 aromatic heterocycles. The SMILES string of the molecule is Cc1cc(S(=O)(=O)NCCCNC(C)C)c(C)s1. The van der Waals surface area contributed by atoms with E-state index in [9.17, 15) is 8.42 Å². The zero-order valence-corrected chi connectivity index (χ0v) is 13.0. The minimum atomic E-state index is -3.34. The highest BCUT2D eigenvalue weighted by Gasteiger charge is 2.18. The van der Waals surface area contributed by atoms with Crippen LogP contribution in [0.15, 0.2) is 11.0 Å². The first-order chi connectivity index (χ1) is 8.33. The van der Waals surface area contributed by atoms with Gasteiger partial charge in [-0.05, 0) is 32.9 Å². The van der Waals surface area contributed by atoms with Crippen LogP contribution in [0.25, 0.3) is 0 Å². The van der Waals surface area contributed by atoms with Gasteiger partial charge in [0, 0.05) is 22.3 Å². The number of hydrogen-bond donors (Lipinski definition) is 2. The van der Waals surface area contributed by atoms with Crippen LogP contribution in [0.1, 0.15) is 30.0 Å². The van der Waals surface area contributed by atoms with E-state index in [-0.39, 0.29) is 0 Å². The molecule has 0 bridgehead atoms. The number of aryl methyl sites for hydroxylation is 2. The molecule has 1 aromatic rings. The standard InChI is InChI=1S/C12H22N2O2S2/c1-9(2)13-6-5-7-14-18(15,16)12-8-10(3)17-11(12)4/h8-9,13-14H,5-7H2,1-4H3. The summed E-state index contributed by atoms with van der Waals surface area (Å²) < 4.78 is 26.7. The van der Waals surface area contributed by atoms with E-state index in [2.05, 4.69) is 23.9 Å². The number of sulfonamides is 1. The fraction of sp³-hybridized carbons (Fsp3) is 0.667. The molecule has 0 unspecified atom stereocenters. The number of nitrogens with one attached hydrogen (secondary N) is 2. The predicted molar refractivity (Wildman–Crippen MR) is 76.7 cm³/mol. The fourth-order valence-electron chi connectivity index (χ4n) is 1.64. The van der Waals surface area contributed by atoms with Gasteiger partial charge < -0.3 is 5.32 Å². The van der Waals surface area contributed by atoms with Gasteiger partial charge in [0.05, 0.1) is 4.90 Å². The Hall–Kier alpha value is -0.430. The van der Waals surface area contributed by atoms with Crippen molar-refractivity contribution in [2.24, 2.45) is 0 Å². The van der Waals surface area contributed by atoms with Crippen LogP contribution in [0.3, 0.4) is 0 Å². The average molecular weight is 290 g/mol. The molecule has 1 heterocycles. The van der Waals surface area contributed by atoms with Gasteiger partial charge >= 0.3 is 0 Å². The van der Waals surface area contributed by atoms with Crippen LogP contribution >= 0.6 is 11.3 Å². The normalized spacial score (nSPS) is 12.3. The van der Waals surface area contributed by atoms with Crippen LogP contribution < -0.4 is 10.0 Å². The molecule has 0 atom stereocenters. The van der Waals surface area contributed by atoms with E-state index < -0.39 is 10.0 Å². The molecule has 1 rings (SSSR count). The maximum Gasteiger partial charge on any atom is 0.241 e. The van der Waals surface area contributed by atoms with Crippen LogP contribution in [0, 0.1) is 13.8 Å². The first kappa shape index (κ1) is 15.6. The van der Waals surface area contributed by atoms with Crippen molar-refractivity contribution in [2.75, 3.05) is 13.1 Å². The van der Waals surface area contributed by atoms with Gasteiger partial charge in [0.1, 0.15) is 0 Å². The van der Waals surface area contributed by atoms with Crippen molar-refractivity contribution < 1.29 is 8.42 Å². The lowest BCUT2D eigenvalue weighted by molar-refractivity contribution is 0.554. The van der Waals surface area contributed by atoms with Crippen molar-refractivity contribution in [1.29, 1.82) is 0 Å². The highest BCUT2D eigenvalue weighted by molar-refractivity contribution is 7.89. The molecule has 0 aliphatic heterocycles. The number of rotatable bonds is 7. The van der Waals surface area contributed by atoms with Crippen molar-refractivity contribution in [3.05, 3.63) is 15.8 Å². The lowest BCUT2D eigenvalue weighted by Crippen LogP contribution is -2.29. The second-order valence-electron chi connectivity index (χ2n) is 4.64. The van der Waals surface area contributed by atoms with Crippen LogP contribution in [0.5, 0.6) is 0 Å². The summed E-state index contributed by atoms with van der Waals surface area (Å²) >= 11 is 1.51. The van der Waals surface area contributed by atoms with Crippen molar-refractivity contribution in [3.63, 3.8) is 0 Å². The monoisotopic (exact) mass is 290 g/mol. The largest absolute Gasteiger partial charge is 0.314 e. The molecule has 0 aromatic carbocycles. The van der Waals surface area contributed by atoms with Gasteiger partial charge in [-0.25, -0.2) is 13.1 Å². The molecule has 2 N–H and O–H groups in total. The van der Waals surface area contributed by atoms with Crippen molar-refractivity contribution in [2.45, 2.75) is 45.1 Å². The molecule has 0 aliphatic rings. The quantitative estimate of drug-likeness (QED) is 0.756. The molecule has 0 aliphatic carbocycles. The predicted octanol–water partition coefficient (Wildman–Crippen LogP) is 2.03. The van der Waals surface area contributed by atoms with Gasteiger partial charge in [-0.2, -0.15) is 0 Å². The lowest BCUT2D eigenvalue weighted by atomic mass is 10.3. The molecule has 18 heavy (non-hydrogen) atoms. The summed E-state index contributed by atoms with van der Waals surface area (Å²) in [6, 6.07) is 2.16. The summed E-state index contributed by atoms with van der Waals surface area (Å²) in [5.41, 5.74) is 0. The fourth-order valence-corrected chi connectivity index (χ4v) is 4.26. The zero-order valence-electron chi connectivity index (χ0n) is 11.4. The van der Waals surface area contributed by atoms with Crippen LogP contribution in [-0.4, -0.2) is 27.5 Å². The lowest BCUT2D eigenvalue weighted by Gasteiger charge is -2.09. The summed E-state index contributed by atoms with van der Waals surface area (Å²) in [7, 11) is -3.34. The Labute approximate surface area is 114 Å². The molecular formula is C12H22N2O2S2. The molecule has 6 heteroatoms. The van der Waals surface area contributed by atoms with Gasteiger partial charge in [0.2, 0.25) is 10.0 Å². The highest BCUT2D eigenvalue weighted by Crippen LogP contribution is 2.24. The summed E-state index contributed by atoms with van der Waals surface area (Å²) in [4.78, 5) is 2.29. The maximum absolute atomic E-state index is 12.0. The number of thiophene rings is 1. The zero-order chi connectivity index (χ0) is 13.8. The van der Waals surface area contributed by atoms with E-state index in [4.69, 9.17) is 0 Å². The Balaban J connectivity index is 2.48. The molecule has 4 nitrogen and oxygen atoms in total. The first-order valence-electron chi connectivity index (χ1n) is 6.13. The van der Waals surface area contributed by atoms with Gasteiger partial charge in [0.25, 0.3) is 0 Å². The third-order valence-corrected chi connectivity index (χ3v) is 5.17. The van der Waals surface area contributed by atoms with Gasteiger partial charge in [-0.1, -0.05) is 13.8 Å². The van der Waals surface area contributed by atoms with Gasteiger partial charge in [0.15, 0.2) is 0 Å². The molecule has 0 radical (unpaired) electrons. The summed E-state index contributed by atoms with van der Waals surface area (Å²) in [6.45, 7) is 9.19. The summed E-state index contributed by atoms with van der Waals surface area (Å²) in [5, 5.41) is 3.25. The molecule has 0 saturated carbocycles. The van der Waals surface area contributed by atoms with E-state index in [0.29, 0.717) is 17.5 Å². The van der Waals surface area contributed by atoms with E-state index in [1.54, 1.807) is 6.07 Å². The van der Waals surface area contributed by atoms with Gasteiger partial charge in [-0.3, -0.25) is 0 Å². The molecule has 104 valence electrons. The maximum atomic E-state index is 12.0. The third kappa shape index (κ3) is 4.68. The van der Waals surface area contributed by atoms with Gasteiger partial charge in [-0.15, -0.1) is 11.3 Å². The molecular weight excluding hydrogens is 268 g/mol. The second-order valence-corrected chi connectivity index (χ2v) is 7.83. The highest BCUT2D eigenvalue weighted by atomic mass is 32.2. The summed E-state index contributed by atoms with van der Waals surface area (Å²) in [5.74, 6) is 0. The van der Waals surface area contributed by atoms with Crippen LogP contribution in [0.4, 0.5) is 0 Å². The van der Waals surface area contributed by atoms with Crippen molar-refractivity contribution >= 4 is 21.4 Å². The third-order valence-electron chi connectivity index (χ3n) is 2.48. The Morgan fingerprint density at radius 2 is 1.94 bits per heavy atom. The average Bonchev–Trinajstić information content (AvgIpc) is 2.57. The van der Waals surface area contributed by atoms with Crippen molar-refractivity contribution in [3.8, 4) is 0 Å². The molecule has 0 fully saturated rings. The van der Waals surface area contributed by atoms with E-state index in [0.717, 1.165) is 22.7 Å². The van der Waals surface area contributed by atoms with E-state index >= 15 is 0 Å². The first-order valence-corrected chi connectivity index (χ1v) is 8.43. The second kappa shape index (κ2) is 6.65. The van der Waals surface area contributed by atoms with E-state index in [1.165, 1.54) is 11.3 Å². The summed E-state index contributed by atoms with van der Waals surface area (Å²) in [6.07, 6.45) is 0.791. The topological polar surface area (TPSA) is 58.2 Å². The minimum absolute atomic E-state index is 0.418. The van der Waals surface area contributed by atoms with Crippen LogP contribution in [0.2, 0.25) is 0 Å². The van der Waals surface area contributed by atoms with Crippen LogP contribution in [-0.2, 0) is 10.0 Å². The molecule has 0 amide bonds. The molecule has 0 saturated heterocycles. The Morgan fingerprint density at radius 1 is 1.28 bits per heavy atom. The van der Waals surface area contributed by atoms with Crippen molar-refractivity contribution in [1.82, 2.24) is 10.0 Å². The number of hydrogen-bond acceptors (Lipinski definition) is 4.